The number of primary amides is 1. The minimum atomic E-state index is -2.80. The molecule has 2 fully saturated rings. The number of nitrogens with two attached hydrogens (primary N) is 1. The van der Waals surface area contributed by atoms with Crippen LogP contribution in [0.5, 0.6) is 0 Å². The van der Waals surface area contributed by atoms with Crippen molar-refractivity contribution in [1.82, 2.24) is 24.8 Å². The summed E-state index contributed by atoms with van der Waals surface area (Å²) in [6.07, 6.45) is -1.69. The number of hydrogen-bond acceptors (Lipinski definition) is 8. The van der Waals surface area contributed by atoms with Gasteiger partial charge in [-0.05, 0) is 25.0 Å². The molecular formula is C22H24F2N8O3. The summed E-state index contributed by atoms with van der Waals surface area (Å²) in [6.45, 7) is 2.16. The second kappa shape index (κ2) is 9.41. The maximum absolute atomic E-state index is 13.9. The fraction of sp³-hybridized carbons (Fsp3) is 0.409. The van der Waals surface area contributed by atoms with E-state index in [1.165, 1.54) is 4.57 Å². The molecule has 0 spiro atoms. The van der Waals surface area contributed by atoms with E-state index in [0.29, 0.717) is 61.9 Å². The molecule has 0 radical (unpaired) electrons. The third-order valence-corrected chi connectivity index (χ3v) is 6.05. The Kier molecular flexibility index (Phi) is 6.16. The van der Waals surface area contributed by atoms with Crippen LogP contribution < -0.4 is 21.3 Å². The van der Waals surface area contributed by atoms with E-state index >= 15 is 0 Å². The predicted octanol–water partition coefficient (Wildman–Crippen LogP) is 1.13. The Morgan fingerprint density at radius 2 is 1.83 bits per heavy atom. The molecule has 2 aliphatic rings. The Balaban J connectivity index is 1.47. The molecule has 1 aliphatic heterocycles. The van der Waals surface area contributed by atoms with Gasteiger partial charge in [-0.2, -0.15) is 9.97 Å². The number of ether oxygens (including phenoxy) is 1. The number of hydrogen-bond donors (Lipinski definition) is 3. The van der Waals surface area contributed by atoms with Crippen LogP contribution in [0.1, 0.15) is 25.1 Å². The maximum atomic E-state index is 13.9. The fourth-order valence-corrected chi connectivity index (χ4v) is 4.27. The summed E-state index contributed by atoms with van der Waals surface area (Å²) in [7, 11) is 0. The van der Waals surface area contributed by atoms with Crippen LogP contribution in [-0.4, -0.2) is 69.7 Å². The number of nitrogens with zero attached hydrogens (tertiary/aromatic N) is 5. The van der Waals surface area contributed by atoms with Gasteiger partial charge in [0, 0.05) is 31.2 Å². The van der Waals surface area contributed by atoms with Crippen molar-refractivity contribution < 1.29 is 23.1 Å². The molecule has 0 unspecified atom stereocenters. The van der Waals surface area contributed by atoms with Crippen molar-refractivity contribution in [3.63, 3.8) is 0 Å². The van der Waals surface area contributed by atoms with Crippen LogP contribution in [0, 0.1) is 0 Å². The summed E-state index contributed by atoms with van der Waals surface area (Å²) >= 11 is 0. The first-order valence-electron chi connectivity index (χ1n) is 11.2. The number of fused-ring (bicyclic) bond motifs is 1. The smallest absolute Gasteiger partial charge is 0.309 e. The van der Waals surface area contributed by atoms with Gasteiger partial charge in [0.1, 0.15) is 11.6 Å². The first kappa shape index (κ1) is 22.9. The van der Waals surface area contributed by atoms with E-state index in [4.69, 9.17) is 10.5 Å². The van der Waals surface area contributed by atoms with Crippen molar-refractivity contribution in [2.45, 2.75) is 31.4 Å². The number of anilines is 2. The van der Waals surface area contributed by atoms with Crippen molar-refractivity contribution in [3.8, 4) is 5.82 Å². The molecule has 3 heterocycles. The zero-order valence-corrected chi connectivity index (χ0v) is 18.7. The number of rotatable bonds is 6. The summed E-state index contributed by atoms with van der Waals surface area (Å²) in [5, 5.41) is 5.86. The molecule has 1 aromatic carbocycles. The molecule has 3 aromatic rings. The van der Waals surface area contributed by atoms with E-state index in [1.54, 1.807) is 30.3 Å². The van der Waals surface area contributed by atoms with Gasteiger partial charge in [-0.1, -0.05) is 12.1 Å². The maximum Gasteiger partial charge on any atom is 0.309 e. The molecule has 13 heteroatoms. The lowest BCUT2D eigenvalue weighted by Crippen LogP contribution is -2.52. The minimum Gasteiger partial charge on any atom is -0.378 e. The molecule has 184 valence electrons. The van der Waals surface area contributed by atoms with E-state index < -0.39 is 24.1 Å². The molecule has 2 aromatic heterocycles. The zero-order valence-electron chi connectivity index (χ0n) is 18.7. The molecule has 4 N–H and O–H groups in total. The summed E-state index contributed by atoms with van der Waals surface area (Å²) in [4.78, 5) is 37.7. The second-order valence-corrected chi connectivity index (χ2v) is 8.45. The number of benzene rings is 1. The van der Waals surface area contributed by atoms with Crippen LogP contribution in [-0.2, 0) is 14.3 Å². The lowest BCUT2D eigenvalue weighted by Gasteiger charge is -2.36. The van der Waals surface area contributed by atoms with Gasteiger partial charge in [0.25, 0.3) is 6.43 Å². The van der Waals surface area contributed by atoms with E-state index in [0.717, 1.165) is 0 Å². The highest BCUT2D eigenvalue weighted by Crippen LogP contribution is 2.30. The highest BCUT2D eigenvalue weighted by atomic mass is 19.3. The Labute approximate surface area is 198 Å². The molecule has 1 saturated carbocycles. The number of alkyl halides is 2. The largest absolute Gasteiger partial charge is 0.378 e. The number of para-hydroxylation sites is 2. The van der Waals surface area contributed by atoms with Crippen molar-refractivity contribution in [2.75, 3.05) is 36.5 Å². The summed E-state index contributed by atoms with van der Waals surface area (Å²) in [5.41, 5.74) is 5.94. The quantitative estimate of drug-likeness (QED) is 0.441. The molecule has 2 amide bonds. The third kappa shape index (κ3) is 4.71. The molecule has 11 nitrogen and oxygen atoms in total. The molecule has 0 atom stereocenters. The molecule has 5 rings (SSSR count). The Morgan fingerprint density at radius 3 is 2.54 bits per heavy atom. The average Bonchev–Trinajstić information content (AvgIpc) is 3.23. The van der Waals surface area contributed by atoms with Crippen molar-refractivity contribution >= 4 is 34.6 Å². The average molecular weight is 486 g/mol. The van der Waals surface area contributed by atoms with Gasteiger partial charge >= 0.3 is 11.8 Å². The lowest BCUT2D eigenvalue weighted by atomic mass is 9.86. The zero-order chi connectivity index (χ0) is 24.5. The van der Waals surface area contributed by atoms with Crippen LogP contribution in [0.4, 0.5) is 20.5 Å². The highest BCUT2D eigenvalue weighted by molar-refractivity contribution is 6.34. The van der Waals surface area contributed by atoms with Crippen molar-refractivity contribution in [3.05, 3.63) is 36.2 Å². The number of carbonyl (C=O) groups excluding carboxylic acids is 2. The standard InChI is InChI=1S/C22H24F2N8O3/c23-18(24)20-28-14-3-1-2-4-15(14)32(20)17-11-16(29-22(30-17)31-5-7-35-8-6-31)26-12-9-13(10-12)27-21(34)19(25)33/h1-4,11-13,18H,5-10H2,(H2,25,33)(H,27,34)(H,26,29,30). The minimum absolute atomic E-state index is 0.0393. The van der Waals surface area contributed by atoms with Gasteiger partial charge in [0.05, 0.1) is 24.2 Å². The first-order valence-corrected chi connectivity index (χ1v) is 11.2. The van der Waals surface area contributed by atoms with Crippen LogP contribution in [0.15, 0.2) is 30.3 Å². The lowest BCUT2D eigenvalue weighted by molar-refractivity contribution is -0.138. The molecule has 1 aliphatic carbocycles. The molecular weight excluding hydrogens is 462 g/mol. The number of morpholine rings is 1. The van der Waals surface area contributed by atoms with Gasteiger partial charge in [-0.15, -0.1) is 0 Å². The van der Waals surface area contributed by atoms with Gasteiger partial charge in [-0.25, -0.2) is 13.8 Å². The Morgan fingerprint density at radius 1 is 1.09 bits per heavy atom. The van der Waals surface area contributed by atoms with Crippen molar-refractivity contribution in [1.29, 1.82) is 0 Å². The summed E-state index contributed by atoms with van der Waals surface area (Å²) in [6, 6.07) is 8.28. The molecule has 35 heavy (non-hydrogen) atoms. The fourth-order valence-electron chi connectivity index (χ4n) is 4.27. The number of nitrogens with one attached hydrogen (secondary N) is 2. The SMILES string of the molecule is NC(=O)C(=O)NC1CC(Nc2cc(-n3c(C(F)F)nc4ccccc43)nc(N3CCOCC3)n2)C1. The number of aromatic nitrogens is 4. The van der Waals surface area contributed by atoms with Crippen LogP contribution >= 0.6 is 0 Å². The first-order chi connectivity index (χ1) is 16.9. The highest BCUT2D eigenvalue weighted by Gasteiger charge is 2.32. The topological polar surface area (TPSA) is 140 Å². The van der Waals surface area contributed by atoms with Crippen molar-refractivity contribution in [2.24, 2.45) is 5.73 Å². The van der Waals surface area contributed by atoms with E-state index in [2.05, 4.69) is 25.6 Å². The van der Waals surface area contributed by atoms with Crippen LogP contribution in [0.2, 0.25) is 0 Å². The van der Waals surface area contributed by atoms with Crippen LogP contribution in [0.3, 0.4) is 0 Å². The molecule has 1 saturated heterocycles. The van der Waals surface area contributed by atoms with Gasteiger partial charge in [-0.3, -0.25) is 14.2 Å². The van der Waals surface area contributed by atoms with Gasteiger partial charge < -0.3 is 26.0 Å². The number of amides is 2. The van der Waals surface area contributed by atoms with Crippen LogP contribution in [0.25, 0.3) is 16.9 Å². The molecule has 0 bridgehead atoms. The van der Waals surface area contributed by atoms with E-state index in [9.17, 15) is 18.4 Å². The Bertz CT molecular complexity index is 1250. The number of imidazole rings is 1. The summed E-state index contributed by atoms with van der Waals surface area (Å²) < 4.78 is 34.7. The monoisotopic (exact) mass is 486 g/mol. The van der Waals surface area contributed by atoms with Gasteiger partial charge in [0.15, 0.2) is 5.82 Å². The number of carbonyl (C=O) groups is 2. The number of halogens is 2. The van der Waals surface area contributed by atoms with E-state index in [1.807, 2.05) is 4.90 Å². The predicted molar refractivity (Wildman–Crippen MR) is 122 cm³/mol. The second-order valence-electron chi connectivity index (χ2n) is 8.45. The normalized spacial score (nSPS) is 20.0. The Hall–Kier alpha value is -3.87. The van der Waals surface area contributed by atoms with Gasteiger partial charge in [0.2, 0.25) is 5.95 Å². The third-order valence-electron chi connectivity index (χ3n) is 6.05. The van der Waals surface area contributed by atoms with E-state index in [-0.39, 0.29) is 17.9 Å². The summed E-state index contributed by atoms with van der Waals surface area (Å²) in [5.74, 6) is -1.13.